The molecule has 0 saturated carbocycles. The third-order valence-electron chi connectivity index (χ3n) is 5.32. The summed E-state index contributed by atoms with van der Waals surface area (Å²) in [6.07, 6.45) is -1.35. The summed E-state index contributed by atoms with van der Waals surface area (Å²) in [6.45, 7) is 6.37. The number of ether oxygens (including phenoxy) is 4. The van der Waals surface area contributed by atoms with Crippen molar-refractivity contribution in [3.8, 4) is 0 Å². The Balaban J connectivity index is 0.00000112. The maximum absolute atomic E-state index is 15.8. The lowest BCUT2D eigenvalue weighted by molar-refractivity contribution is -0.0445. The molecule has 9 nitrogen and oxygen atoms in total. The maximum atomic E-state index is 15.8. The Morgan fingerprint density at radius 3 is 2.39 bits per heavy atom. The van der Waals surface area contributed by atoms with Gasteiger partial charge in [0.05, 0.1) is 50.2 Å². The van der Waals surface area contributed by atoms with E-state index in [-0.39, 0.29) is 30.2 Å². The highest BCUT2D eigenvalue weighted by Gasteiger charge is 2.35. The van der Waals surface area contributed by atoms with E-state index in [0.717, 1.165) is 0 Å². The fourth-order valence-corrected chi connectivity index (χ4v) is 4.22. The van der Waals surface area contributed by atoms with Gasteiger partial charge in [-0.1, -0.05) is 5.16 Å². The van der Waals surface area contributed by atoms with Gasteiger partial charge in [0.25, 0.3) is 0 Å². The largest absolute Gasteiger partial charge is 0.447 e. The molecule has 3 fully saturated rings. The quantitative estimate of drug-likeness (QED) is 0.718. The number of hydrogen-bond acceptors (Lipinski definition) is 8. The van der Waals surface area contributed by atoms with E-state index in [1.165, 1.54) is 4.90 Å². The van der Waals surface area contributed by atoms with Gasteiger partial charge < -0.3 is 28.4 Å². The zero-order valence-electron chi connectivity index (χ0n) is 17.6. The van der Waals surface area contributed by atoms with Gasteiger partial charge in [0.1, 0.15) is 6.61 Å². The SMILES string of the molecule is CC1CN(c2c(C3OCCO3)cc3c(N4CCOC4=O)noc3c2F)C[C@@H](C)O1.CF. The minimum atomic E-state index is -0.703. The number of alkyl halides is 1. The lowest BCUT2D eigenvalue weighted by atomic mass is 10.1. The highest BCUT2D eigenvalue weighted by molar-refractivity contribution is 6.00. The minimum absolute atomic E-state index is 0.0109. The van der Waals surface area contributed by atoms with Crippen LogP contribution in [0.5, 0.6) is 0 Å². The molecule has 2 atom stereocenters. The Morgan fingerprint density at radius 1 is 1.10 bits per heavy atom. The summed E-state index contributed by atoms with van der Waals surface area (Å²) in [5.74, 6) is -0.319. The number of morpholine rings is 1. The summed E-state index contributed by atoms with van der Waals surface area (Å²) in [7, 11) is 0.500. The highest BCUT2D eigenvalue weighted by Crippen LogP contribution is 2.42. The average Bonchev–Trinajstić information content (AvgIpc) is 3.49. The van der Waals surface area contributed by atoms with Crippen molar-refractivity contribution >= 4 is 28.6 Å². The molecule has 31 heavy (non-hydrogen) atoms. The maximum Gasteiger partial charge on any atom is 0.415 e. The van der Waals surface area contributed by atoms with Crippen molar-refractivity contribution in [3.05, 3.63) is 17.4 Å². The zero-order valence-corrected chi connectivity index (χ0v) is 17.6. The first kappa shape index (κ1) is 21.7. The van der Waals surface area contributed by atoms with E-state index in [0.29, 0.717) is 56.7 Å². The monoisotopic (exact) mass is 441 g/mol. The van der Waals surface area contributed by atoms with Crippen LogP contribution in [0.15, 0.2) is 10.6 Å². The molecule has 0 bridgehead atoms. The fourth-order valence-electron chi connectivity index (χ4n) is 4.22. The molecule has 5 rings (SSSR count). The van der Waals surface area contributed by atoms with E-state index in [4.69, 9.17) is 23.5 Å². The van der Waals surface area contributed by atoms with Crippen molar-refractivity contribution in [2.45, 2.75) is 32.3 Å². The molecular formula is C20H25F2N3O6. The highest BCUT2D eigenvalue weighted by atomic mass is 19.1. The molecule has 2 aromatic rings. The molecule has 0 spiro atoms. The second-order valence-corrected chi connectivity index (χ2v) is 7.51. The zero-order chi connectivity index (χ0) is 22.1. The summed E-state index contributed by atoms with van der Waals surface area (Å²) in [4.78, 5) is 15.3. The molecule has 170 valence electrons. The van der Waals surface area contributed by atoms with E-state index in [1.807, 2.05) is 18.7 Å². The van der Waals surface area contributed by atoms with Gasteiger partial charge in [-0.25, -0.2) is 9.18 Å². The Labute approximate surface area is 177 Å². The van der Waals surface area contributed by atoms with Crippen LogP contribution in [0.2, 0.25) is 0 Å². The van der Waals surface area contributed by atoms with Gasteiger partial charge in [0.15, 0.2) is 17.9 Å². The molecule has 0 aliphatic carbocycles. The van der Waals surface area contributed by atoms with Gasteiger partial charge in [0.2, 0.25) is 5.58 Å². The van der Waals surface area contributed by atoms with Crippen LogP contribution in [0, 0.1) is 5.82 Å². The molecule has 11 heteroatoms. The van der Waals surface area contributed by atoms with Crippen LogP contribution in [0.4, 0.5) is 25.1 Å². The first-order valence-electron chi connectivity index (χ1n) is 10.1. The summed E-state index contributed by atoms with van der Waals surface area (Å²) in [5.41, 5.74) is 0.896. The van der Waals surface area contributed by atoms with Crippen LogP contribution < -0.4 is 9.80 Å². The Hall–Kier alpha value is -2.50. The van der Waals surface area contributed by atoms with Gasteiger partial charge in [-0.15, -0.1) is 0 Å². The van der Waals surface area contributed by atoms with E-state index in [1.54, 1.807) is 6.07 Å². The topological polar surface area (TPSA) is 86.5 Å². The lowest BCUT2D eigenvalue weighted by Gasteiger charge is -2.38. The fraction of sp³-hybridized carbons (Fsp3) is 0.600. The summed E-state index contributed by atoms with van der Waals surface area (Å²) in [5, 5.41) is 4.34. The normalized spacial score (nSPS) is 24.5. The summed E-state index contributed by atoms with van der Waals surface area (Å²) >= 11 is 0. The molecule has 3 aliphatic heterocycles. The molecule has 0 radical (unpaired) electrons. The van der Waals surface area contributed by atoms with Gasteiger partial charge in [-0.3, -0.25) is 9.29 Å². The van der Waals surface area contributed by atoms with E-state index >= 15 is 4.39 Å². The van der Waals surface area contributed by atoms with Crippen LogP contribution in [-0.4, -0.2) is 70.1 Å². The standard InChI is InChI=1S/C19H22FN3O6.CH3F/c1-10-8-22(9-11(2)28-10)15-12(18-25-5-6-26-18)7-13-16(14(15)20)29-21-17(13)23-3-4-27-19(23)24;1-2/h7,10-11,18H,3-6,8-9H2,1-2H3;1H3/t10-,11?;/m1./s1. The molecular weight excluding hydrogens is 416 g/mol. The van der Waals surface area contributed by atoms with Gasteiger partial charge in [0, 0.05) is 18.7 Å². The number of rotatable bonds is 3. The van der Waals surface area contributed by atoms with Crippen LogP contribution in [0.1, 0.15) is 25.7 Å². The number of aromatic nitrogens is 1. The van der Waals surface area contributed by atoms with E-state index < -0.39 is 18.2 Å². The van der Waals surface area contributed by atoms with Crippen molar-refractivity contribution in [1.82, 2.24) is 5.16 Å². The number of anilines is 2. The first-order chi connectivity index (χ1) is 15.0. The Kier molecular flexibility index (Phi) is 6.26. The lowest BCUT2D eigenvalue weighted by Crippen LogP contribution is -2.46. The van der Waals surface area contributed by atoms with Gasteiger partial charge in [-0.2, -0.15) is 0 Å². The molecule has 1 aromatic heterocycles. The molecule has 1 aromatic carbocycles. The molecule has 3 saturated heterocycles. The van der Waals surface area contributed by atoms with Crippen LogP contribution in [0.3, 0.4) is 0 Å². The van der Waals surface area contributed by atoms with Crippen molar-refractivity contribution in [2.75, 3.05) is 56.4 Å². The smallest absolute Gasteiger partial charge is 0.415 e. The van der Waals surface area contributed by atoms with Crippen molar-refractivity contribution in [3.63, 3.8) is 0 Å². The number of carbonyl (C=O) groups excluding carboxylic acids is 1. The Morgan fingerprint density at radius 2 is 1.77 bits per heavy atom. The van der Waals surface area contributed by atoms with Crippen LogP contribution in [-0.2, 0) is 18.9 Å². The van der Waals surface area contributed by atoms with Crippen LogP contribution >= 0.6 is 0 Å². The third-order valence-corrected chi connectivity index (χ3v) is 5.32. The predicted octanol–water partition coefficient (Wildman–Crippen LogP) is 3.17. The number of nitrogens with zero attached hydrogens (tertiary/aromatic N) is 3. The van der Waals surface area contributed by atoms with Crippen molar-refractivity contribution in [1.29, 1.82) is 0 Å². The molecule has 3 aliphatic rings. The second-order valence-electron chi connectivity index (χ2n) is 7.51. The average molecular weight is 441 g/mol. The molecule has 1 unspecified atom stereocenters. The molecule has 4 heterocycles. The van der Waals surface area contributed by atoms with Gasteiger partial charge in [-0.05, 0) is 19.9 Å². The number of amides is 1. The summed E-state index contributed by atoms with van der Waals surface area (Å²) < 4.78 is 52.7. The Bertz CT molecular complexity index is 939. The summed E-state index contributed by atoms with van der Waals surface area (Å²) in [6, 6.07) is 1.74. The second kappa shape index (κ2) is 8.93. The number of fused-ring (bicyclic) bond motifs is 1. The van der Waals surface area contributed by atoms with Crippen LogP contribution in [0.25, 0.3) is 11.0 Å². The number of carbonyl (C=O) groups is 1. The number of benzene rings is 1. The van der Waals surface area contributed by atoms with E-state index in [2.05, 4.69) is 5.16 Å². The van der Waals surface area contributed by atoms with Crippen molar-refractivity contribution < 1.29 is 37.0 Å². The van der Waals surface area contributed by atoms with E-state index in [9.17, 15) is 9.18 Å². The molecule has 0 N–H and O–H groups in total. The van der Waals surface area contributed by atoms with Crippen molar-refractivity contribution in [2.24, 2.45) is 0 Å². The minimum Gasteiger partial charge on any atom is -0.447 e. The number of hydrogen-bond donors (Lipinski definition) is 0. The predicted molar refractivity (Wildman–Crippen MR) is 107 cm³/mol. The number of halogens is 2. The number of cyclic esters (lactones) is 1. The first-order valence-corrected chi connectivity index (χ1v) is 10.1. The van der Waals surface area contributed by atoms with Gasteiger partial charge >= 0.3 is 6.09 Å². The molecule has 1 amide bonds. The third kappa shape index (κ3) is 3.92.